The van der Waals surface area contributed by atoms with E-state index in [0.717, 1.165) is 24.1 Å². The normalized spacial score (nSPS) is 16.8. The lowest BCUT2D eigenvalue weighted by Crippen LogP contribution is -2.38. The first kappa shape index (κ1) is 21.7. The van der Waals surface area contributed by atoms with Crippen molar-refractivity contribution in [2.24, 2.45) is 5.41 Å². The van der Waals surface area contributed by atoms with Crippen LogP contribution in [0.2, 0.25) is 0 Å². The van der Waals surface area contributed by atoms with Gasteiger partial charge in [-0.15, -0.1) is 0 Å². The Morgan fingerprint density at radius 2 is 1.97 bits per heavy atom. The maximum atomic E-state index is 13.7. The van der Waals surface area contributed by atoms with E-state index in [2.05, 4.69) is 24.3 Å². The van der Waals surface area contributed by atoms with Crippen LogP contribution in [-0.2, 0) is 11.2 Å². The van der Waals surface area contributed by atoms with Crippen molar-refractivity contribution in [3.05, 3.63) is 77.4 Å². The summed E-state index contributed by atoms with van der Waals surface area (Å²) in [7, 11) is 0. The lowest BCUT2D eigenvalue weighted by molar-refractivity contribution is -0.124. The summed E-state index contributed by atoms with van der Waals surface area (Å²) >= 11 is 0. The Labute approximate surface area is 186 Å². The number of hydrogen-bond donors (Lipinski definition) is 1. The fraction of sp³-hybridized carbons (Fsp3) is 0.320. The first-order valence-corrected chi connectivity index (χ1v) is 10.6. The summed E-state index contributed by atoms with van der Waals surface area (Å²) in [5, 5.41) is 7.55. The molecule has 1 unspecified atom stereocenters. The number of ketones is 1. The maximum absolute atomic E-state index is 13.7. The highest BCUT2D eigenvalue weighted by Crippen LogP contribution is 2.41. The van der Waals surface area contributed by atoms with E-state index in [-0.39, 0.29) is 35.6 Å². The molecule has 1 heterocycles. The Hall–Kier alpha value is -3.48. The zero-order valence-electron chi connectivity index (χ0n) is 18.4. The first-order chi connectivity index (χ1) is 15.2. The molecular formula is C25H26FN3O3. The lowest BCUT2D eigenvalue weighted by Gasteiger charge is -2.36. The summed E-state index contributed by atoms with van der Waals surface area (Å²) in [6.45, 7) is 5.65. The second kappa shape index (κ2) is 8.57. The SMILES string of the molecule is CC(=O)c1ccc(OCC(=O)NC2CC(C)(C)Cc3c2cnn3-c2cccc(F)c2)cc1. The molecule has 1 aromatic heterocycles. The number of carbonyl (C=O) groups excluding carboxylic acids is 2. The van der Waals surface area contributed by atoms with Gasteiger partial charge in [-0.3, -0.25) is 9.59 Å². The molecule has 1 amide bonds. The Morgan fingerprint density at radius 3 is 2.66 bits per heavy atom. The van der Waals surface area contributed by atoms with Crippen LogP contribution in [0.4, 0.5) is 4.39 Å². The van der Waals surface area contributed by atoms with Crippen molar-refractivity contribution in [1.29, 1.82) is 0 Å². The van der Waals surface area contributed by atoms with Crippen molar-refractivity contribution in [3.8, 4) is 11.4 Å². The Morgan fingerprint density at radius 1 is 1.22 bits per heavy atom. The molecule has 4 rings (SSSR count). The average molecular weight is 435 g/mol. The number of rotatable bonds is 6. The van der Waals surface area contributed by atoms with E-state index in [1.165, 1.54) is 19.1 Å². The minimum atomic E-state index is -0.319. The molecule has 32 heavy (non-hydrogen) atoms. The predicted octanol–water partition coefficient (Wildman–Crippen LogP) is 4.42. The van der Waals surface area contributed by atoms with Gasteiger partial charge in [0.15, 0.2) is 12.4 Å². The molecule has 0 saturated carbocycles. The molecule has 0 radical (unpaired) electrons. The minimum Gasteiger partial charge on any atom is -0.484 e. The third-order valence-electron chi connectivity index (χ3n) is 5.70. The van der Waals surface area contributed by atoms with E-state index < -0.39 is 0 Å². The highest BCUT2D eigenvalue weighted by Gasteiger charge is 2.36. The van der Waals surface area contributed by atoms with E-state index in [4.69, 9.17) is 4.74 Å². The van der Waals surface area contributed by atoms with Crippen molar-refractivity contribution >= 4 is 11.7 Å². The van der Waals surface area contributed by atoms with Gasteiger partial charge in [0.1, 0.15) is 11.6 Å². The summed E-state index contributed by atoms with van der Waals surface area (Å²) in [5.74, 6) is -0.0644. The van der Waals surface area contributed by atoms with Crippen LogP contribution in [-0.4, -0.2) is 28.1 Å². The molecule has 0 fully saturated rings. The fourth-order valence-corrected chi connectivity index (χ4v) is 4.17. The number of halogens is 1. The largest absolute Gasteiger partial charge is 0.484 e. The highest BCUT2D eigenvalue weighted by atomic mass is 19.1. The molecule has 1 N–H and O–H groups in total. The topological polar surface area (TPSA) is 73.2 Å². The number of Topliss-reactive ketones (excluding diaryl/α,β-unsaturated/α-hetero) is 1. The van der Waals surface area contributed by atoms with E-state index in [9.17, 15) is 14.0 Å². The van der Waals surface area contributed by atoms with Gasteiger partial charge in [0.05, 0.1) is 23.6 Å². The zero-order valence-corrected chi connectivity index (χ0v) is 18.4. The molecule has 6 nitrogen and oxygen atoms in total. The Balaban J connectivity index is 1.48. The second-order valence-electron chi connectivity index (χ2n) is 8.97. The molecule has 1 aliphatic carbocycles. The van der Waals surface area contributed by atoms with E-state index in [0.29, 0.717) is 17.0 Å². The van der Waals surface area contributed by atoms with E-state index >= 15 is 0 Å². The van der Waals surface area contributed by atoms with Gasteiger partial charge in [-0.05, 0) is 67.6 Å². The third kappa shape index (κ3) is 4.72. The number of ether oxygens (including phenoxy) is 1. The second-order valence-corrected chi connectivity index (χ2v) is 8.97. The fourth-order valence-electron chi connectivity index (χ4n) is 4.17. The molecule has 1 atom stereocenters. The quantitative estimate of drug-likeness (QED) is 0.582. The monoisotopic (exact) mass is 435 g/mol. The number of nitrogens with zero attached hydrogens (tertiary/aromatic N) is 2. The summed E-state index contributed by atoms with van der Waals surface area (Å²) in [6.07, 6.45) is 3.28. The van der Waals surface area contributed by atoms with Gasteiger partial charge in [0.2, 0.25) is 0 Å². The standard InChI is InChI=1S/C25H26FN3O3/c1-16(30)17-7-9-20(10-8-17)32-15-24(31)28-22-12-25(2,3)13-23-21(22)14-27-29(23)19-6-4-5-18(26)11-19/h4-11,14,22H,12-13,15H2,1-3H3,(H,28,31). The van der Waals surface area contributed by atoms with Crippen molar-refractivity contribution < 1.29 is 18.7 Å². The number of benzene rings is 2. The number of aromatic nitrogens is 2. The van der Waals surface area contributed by atoms with Crippen molar-refractivity contribution in [2.45, 2.75) is 39.7 Å². The number of hydrogen-bond acceptors (Lipinski definition) is 4. The van der Waals surface area contributed by atoms with Crippen LogP contribution < -0.4 is 10.1 Å². The van der Waals surface area contributed by atoms with Crippen LogP contribution in [0.5, 0.6) is 5.75 Å². The smallest absolute Gasteiger partial charge is 0.258 e. The number of carbonyl (C=O) groups is 2. The lowest BCUT2D eigenvalue weighted by atomic mass is 9.74. The van der Waals surface area contributed by atoms with Gasteiger partial charge in [-0.1, -0.05) is 19.9 Å². The minimum absolute atomic E-state index is 0.0243. The summed E-state index contributed by atoms with van der Waals surface area (Å²) < 4.78 is 21.1. The van der Waals surface area contributed by atoms with E-state index in [1.54, 1.807) is 41.2 Å². The van der Waals surface area contributed by atoms with Gasteiger partial charge in [-0.2, -0.15) is 5.10 Å². The van der Waals surface area contributed by atoms with Crippen molar-refractivity contribution in [2.75, 3.05) is 6.61 Å². The molecular weight excluding hydrogens is 409 g/mol. The van der Waals surface area contributed by atoms with Crippen LogP contribution in [0.25, 0.3) is 5.69 Å². The zero-order chi connectivity index (χ0) is 22.9. The van der Waals surface area contributed by atoms with Crippen LogP contribution in [0, 0.1) is 11.2 Å². The first-order valence-electron chi connectivity index (χ1n) is 10.6. The van der Waals surface area contributed by atoms with Gasteiger partial charge in [0.25, 0.3) is 5.91 Å². The molecule has 2 aromatic carbocycles. The number of fused-ring (bicyclic) bond motifs is 1. The van der Waals surface area contributed by atoms with Gasteiger partial charge in [-0.25, -0.2) is 9.07 Å². The van der Waals surface area contributed by atoms with Crippen LogP contribution in [0.15, 0.2) is 54.7 Å². The molecule has 0 spiro atoms. The maximum Gasteiger partial charge on any atom is 0.258 e. The Bertz CT molecular complexity index is 1150. The van der Waals surface area contributed by atoms with Crippen molar-refractivity contribution in [1.82, 2.24) is 15.1 Å². The molecule has 0 saturated heterocycles. The average Bonchev–Trinajstić information content (AvgIpc) is 3.15. The van der Waals surface area contributed by atoms with Gasteiger partial charge >= 0.3 is 0 Å². The predicted molar refractivity (Wildman–Crippen MR) is 118 cm³/mol. The molecule has 1 aliphatic rings. The highest BCUT2D eigenvalue weighted by molar-refractivity contribution is 5.94. The van der Waals surface area contributed by atoms with Crippen LogP contribution in [0.1, 0.15) is 54.8 Å². The van der Waals surface area contributed by atoms with E-state index in [1.807, 2.05) is 6.07 Å². The van der Waals surface area contributed by atoms with Gasteiger partial charge < -0.3 is 10.1 Å². The molecule has 0 bridgehead atoms. The molecule has 3 aromatic rings. The summed E-state index contributed by atoms with van der Waals surface area (Å²) in [5.41, 5.74) is 3.09. The number of amides is 1. The van der Waals surface area contributed by atoms with Gasteiger partial charge in [0, 0.05) is 11.1 Å². The third-order valence-corrected chi connectivity index (χ3v) is 5.70. The van der Waals surface area contributed by atoms with Crippen LogP contribution in [0.3, 0.4) is 0 Å². The molecule has 7 heteroatoms. The molecule has 0 aliphatic heterocycles. The Kier molecular flexibility index (Phi) is 5.82. The van der Waals surface area contributed by atoms with Crippen LogP contribution >= 0.6 is 0 Å². The number of nitrogens with one attached hydrogen (secondary N) is 1. The summed E-state index contributed by atoms with van der Waals surface area (Å²) in [4.78, 5) is 24.0. The van der Waals surface area contributed by atoms with Crippen molar-refractivity contribution in [3.63, 3.8) is 0 Å². The molecule has 166 valence electrons. The summed E-state index contributed by atoms with van der Waals surface area (Å²) in [6, 6.07) is 12.8.